The molecule has 2 unspecified atom stereocenters. The van der Waals surface area contributed by atoms with Crippen LogP contribution in [0.5, 0.6) is 0 Å². The molecule has 3 amide bonds. The zero-order valence-electron chi connectivity index (χ0n) is 23.6. The molecule has 3 atom stereocenters. The minimum atomic E-state index is -1.46. The van der Waals surface area contributed by atoms with Gasteiger partial charge < -0.3 is 25.6 Å². The smallest absolute Gasteiger partial charge is 0.411 e. The second-order valence-electron chi connectivity index (χ2n) is 10.2. The Morgan fingerprint density at radius 1 is 0.707 bits per heavy atom. The van der Waals surface area contributed by atoms with Gasteiger partial charge in [-0.3, -0.25) is 15.4 Å². The Bertz CT molecular complexity index is 1040. The third kappa shape index (κ3) is 15.6. The molecule has 2 rings (SSSR count). The highest BCUT2D eigenvalue weighted by atomic mass is 16.4. The van der Waals surface area contributed by atoms with E-state index in [0.717, 1.165) is 75.3 Å². The van der Waals surface area contributed by atoms with Crippen molar-refractivity contribution in [3.63, 3.8) is 0 Å². The molecular weight excluding hydrogens is 524 g/mol. The summed E-state index contributed by atoms with van der Waals surface area (Å²) in [6.45, 7) is 0.816. The molecule has 0 spiro atoms. The Kier molecular flexibility index (Phi) is 16.5. The van der Waals surface area contributed by atoms with Crippen molar-refractivity contribution < 1.29 is 29.4 Å². The number of benzene rings is 2. The lowest BCUT2D eigenvalue weighted by atomic mass is 10.0. The van der Waals surface area contributed by atoms with E-state index >= 15 is 0 Å². The molecule has 0 saturated heterocycles. The van der Waals surface area contributed by atoms with Crippen molar-refractivity contribution in [1.82, 2.24) is 21.3 Å². The standard InChI is InChI=1S/C31H44N4O6/c36-23-26(21-24-15-9-7-10-16-24)32-20-14-6-4-2-1-3-5-13-19-28(34-30(38)39)33-27(29(37)35-31(40)41)22-25-17-11-8-12-18-25/h7-12,15-18,23,26-28,32-34H,1-6,13-14,19-22H2,(H,35,37)(H,38,39)(H,40,41)/t26?,27-,28?/m0/s1. The van der Waals surface area contributed by atoms with Crippen LogP contribution in [0.15, 0.2) is 60.7 Å². The predicted molar refractivity (Wildman–Crippen MR) is 158 cm³/mol. The van der Waals surface area contributed by atoms with Gasteiger partial charge in [-0.05, 0) is 43.4 Å². The fourth-order valence-corrected chi connectivity index (χ4v) is 4.72. The van der Waals surface area contributed by atoms with Crippen LogP contribution in [0.25, 0.3) is 0 Å². The summed E-state index contributed by atoms with van der Waals surface area (Å²) in [6.07, 6.45) is 7.16. The Morgan fingerprint density at radius 2 is 1.24 bits per heavy atom. The van der Waals surface area contributed by atoms with E-state index < -0.39 is 30.3 Å². The summed E-state index contributed by atoms with van der Waals surface area (Å²) in [5, 5.41) is 28.9. The van der Waals surface area contributed by atoms with Crippen LogP contribution in [0.4, 0.5) is 9.59 Å². The van der Waals surface area contributed by atoms with Crippen LogP contribution >= 0.6 is 0 Å². The van der Waals surface area contributed by atoms with Crippen molar-refractivity contribution in [2.75, 3.05) is 6.54 Å². The number of rotatable bonds is 21. The Hall–Kier alpha value is -3.76. The number of carboxylic acid groups (broad SMARTS) is 2. The van der Waals surface area contributed by atoms with Crippen molar-refractivity contribution in [1.29, 1.82) is 0 Å². The van der Waals surface area contributed by atoms with Crippen LogP contribution in [-0.4, -0.2) is 59.4 Å². The highest BCUT2D eigenvalue weighted by Gasteiger charge is 2.24. The normalized spacial score (nSPS) is 13.1. The summed E-state index contributed by atoms with van der Waals surface area (Å²) in [5.41, 5.74) is 1.97. The molecule has 0 radical (unpaired) electrons. The maximum Gasteiger partial charge on any atom is 0.411 e. The number of hydrogen-bond donors (Lipinski definition) is 6. The van der Waals surface area contributed by atoms with Crippen LogP contribution in [0.1, 0.15) is 68.9 Å². The minimum absolute atomic E-state index is 0.161. The first-order valence-electron chi connectivity index (χ1n) is 14.4. The van der Waals surface area contributed by atoms with Crippen molar-refractivity contribution in [3.05, 3.63) is 71.8 Å². The molecule has 6 N–H and O–H groups in total. The number of hydrogen-bond acceptors (Lipinski definition) is 6. The van der Waals surface area contributed by atoms with Gasteiger partial charge >= 0.3 is 12.2 Å². The third-order valence-corrected chi connectivity index (χ3v) is 6.82. The highest BCUT2D eigenvalue weighted by Crippen LogP contribution is 2.12. The molecule has 224 valence electrons. The van der Waals surface area contributed by atoms with Gasteiger partial charge in [0.05, 0.1) is 18.2 Å². The first-order chi connectivity index (χ1) is 19.9. The van der Waals surface area contributed by atoms with Crippen LogP contribution in [-0.2, 0) is 22.4 Å². The lowest BCUT2D eigenvalue weighted by Crippen LogP contribution is -2.55. The maximum absolute atomic E-state index is 12.5. The van der Waals surface area contributed by atoms with Gasteiger partial charge in [-0.25, -0.2) is 9.59 Å². The number of aldehydes is 1. The van der Waals surface area contributed by atoms with Gasteiger partial charge in [-0.2, -0.15) is 0 Å². The molecule has 0 fully saturated rings. The molecule has 0 aliphatic carbocycles. The number of nitrogens with one attached hydrogen (secondary N) is 4. The van der Waals surface area contributed by atoms with Gasteiger partial charge in [0, 0.05) is 0 Å². The third-order valence-electron chi connectivity index (χ3n) is 6.82. The molecular formula is C31H44N4O6. The molecule has 10 heteroatoms. The van der Waals surface area contributed by atoms with Crippen LogP contribution in [0, 0.1) is 0 Å². The van der Waals surface area contributed by atoms with Crippen molar-refractivity contribution in [2.45, 2.75) is 88.9 Å². The van der Waals surface area contributed by atoms with Crippen LogP contribution in [0.2, 0.25) is 0 Å². The number of carbonyl (C=O) groups is 4. The van der Waals surface area contributed by atoms with Gasteiger partial charge in [0.15, 0.2) is 0 Å². The number of unbranched alkanes of at least 4 members (excludes halogenated alkanes) is 7. The lowest BCUT2D eigenvalue weighted by molar-refractivity contribution is -0.122. The topological polar surface area (TPSA) is 157 Å². The molecule has 2 aromatic carbocycles. The molecule has 2 aromatic rings. The zero-order valence-corrected chi connectivity index (χ0v) is 23.6. The van der Waals surface area contributed by atoms with Crippen molar-refractivity contribution in [2.24, 2.45) is 0 Å². The summed E-state index contributed by atoms with van der Waals surface area (Å²) < 4.78 is 0. The van der Waals surface area contributed by atoms with E-state index in [4.69, 9.17) is 5.11 Å². The highest BCUT2D eigenvalue weighted by molar-refractivity contribution is 5.94. The quantitative estimate of drug-likeness (QED) is 0.0731. The summed E-state index contributed by atoms with van der Waals surface area (Å²) in [4.78, 5) is 46.2. The van der Waals surface area contributed by atoms with E-state index in [9.17, 15) is 24.3 Å². The second-order valence-corrected chi connectivity index (χ2v) is 10.2. The number of imide groups is 1. The molecule has 0 aromatic heterocycles. The van der Waals surface area contributed by atoms with E-state index in [2.05, 4.69) is 16.0 Å². The second kappa shape index (κ2) is 20.2. The molecule has 0 aliphatic rings. The fraction of sp³-hybridized carbons (Fsp3) is 0.484. The largest absolute Gasteiger partial charge is 0.465 e. The summed E-state index contributed by atoms with van der Waals surface area (Å²) in [5.74, 6) is -0.730. The van der Waals surface area contributed by atoms with Gasteiger partial charge in [0.25, 0.3) is 0 Å². The number of carbonyl (C=O) groups excluding carboxylic acids is 2. The van der Waals surface area contributed by atoms with E-state index in [1.807, 2.05) is 66.0 Å². The van der Waals surface area contributed by atoms with Gasteiger partial charge in [-0.15, -0.1) is 0 Å². The summed E-state index contributed by atoms with van der Waals surface area (Å²) in [7, 11) is 0. The average molecular weight is 569 g/mol. The van der Waals surface area contributed by atoms with E-state index in [1.54, 1.807) is 0 Å². The molecule has 10 nitrogen and oxygen atoms in total. The molecule has 0 bridgehead atoms. The first-order valence-corrected chi connectivity index (χ1v) is 14.4. The van der Waals surface area contributed by atoms with Gasteiger partial charge in [0.1, 0.15) is 6.29 Å². The molecule has 0 saturated carbocycles. The maximum atomic E-state index is 12.5. The number of amides is 3. The summed E-state index contributed by atoms with van der Waals surface area (Å²) in [6, 6.07) is 18.0. The Balaban J connectivity index is 1.63. The van der Waals surface area contributed by atoms with Gasteiger partial charge in [-0.1, -0.05) is 106 Å². The van der Waals surface area contributed by atoms with Gasteiger partial charge in [0.2, 0.25) is 5.91 Å². The Labute approximate surface area is 242 Å². The van der Waals surface area contributed by atoms with E-state index in [1.165, 1.54) is 0 Å². The summed E-state index contributed by atoms with van der Waals surface area (Å²) >= 11 is 0. The Morgan fingerprint density at radius 3 is 1.78 bits per heavy atom. The minimum Gasteiger partial charge on any atom is -0.465 e. The van der Waals surface area contributed by atoms with Crippen molar-refractivity contribution >= 4 is 24.4 Å². The molecule has 41 heavy (non-hydrogen) atoms. The van der Waals surface area contributed by atoms with Crippen LogP contribution in [0.3, 0.4) is 0 Å². The van der Waals surface area contributed by atoms with Crippen molar-refractivity contribution in [3.8, 4) is 0 Å². The predicted octanol–water partition coefficient (Wildman–Crippen LogP) is 4.49. The SMILES string of the molecule is O=CC(Cc1ccccc1)NCCCCCCCCCCC(NC(=O)O)N[C@@H](Cc1ccccc1)C(=O)NC(=O)O. The molecule has 0 aliphatic heterocycles. The van der Waals surface area contributed by atoms with Crippen LogP contribution < -0.4 is 21.3 Å². The lowest BCUT2D eigenvalue weighted by Gasteiger charge is -2.25. The van der Waals surface area contributed by atoms with E-state index in [0.29, 0.717) is 12.8 Å². The zero-order chi connectivity index (χ0) is 29.7. The fourth-order valence-electron chi connectivity index (χ4n) is 4.72. The molecule has 0 heterocycles. The average Bonchev–Trinajstić information content (AvgIpc) is 2.95. The van der Waals surface area contributed by atoms with E-state index in [-0.39, 0.29) is 12.5 Å². The monoisotopic (exact) mass is 568 g/mol. The first kappa shape index (κ1) is 33.4.